The summed E-state index contributed by atoms with van der Waals surface area (Å²) in [4.78, 5) is 30.8. The van der Waals surface area contributed by atoms with Crippen LogP contribution in [0.3, 0.4) is 0 Å². The van der Waals surface area contributed by atoms with Crippen LogP contribution >= 0.6 is 11.8 Å². The van der Waals surface area contributed by atoms with Gasteiger partial charge in [-0.15, -0.1) is 0 Å². The lowest BCUT2D eigenvalue weighted by atomic mass is 10.1. The van der Waals surface area contributed by atoms with E-state index >= 15 is 0 Å². The molecule has 1 aromatic heterocycles. The van der Waals surface area contributed by atoms with Gasteiger partial charge < -0.3 is 4.90 Å². The van der Waals surface area contributed by atoms with Crippen molar-refractivity contribution >= 4 is 17.7 Å². The van der Waals surface area contributed by atoms with E-state index in [2.05, 4.69) is 4.98 Å². The van der Waals surface area contributed by atoms with Crippen LogP contribution in [0.15, 0.2) is 52.5 Å². The summed E-state index contributed by atoms with van der Waals surface area (Å²) < 4.78 is 1.60. The number of carbonyl (C=O) groups is 1. The molecule has 0 spiro atoms. The molecule has 1 atom stereocenters. The van der Waals surface area contributed by atoms with Gasteiger partial charge in [-0.2, -0.15) is 0 Å². The van der Waals surface area contributed by atoms with E-state index in [1.807, 2.05) is 42.2 Å². The Morgan fingerprint density at radius 2 is 2.13 bits per heavy atom. The fourth-order valence-electron chi connectivity index (χ4n) is 2.71. The van der Waals surface area contributed by atoms with E-state index in [0.29, 0.717) is 30.5 Å². The van der Waals surface area contributed by atoms with Crippen LogP contribution in [0.25, 0.3) is 0 Å². The molecule has 0 saturated heterocycles. The molecule has 2 heterocycles. The number of benzene rings is 1. The number of fused-ring (bicyclic) bond motifs is 1. The van der Waals surface area contributed by atoms with Crippen LogP contribution in [0.4, 0.5) is 0 Å². The van der Waals surface area contributed by atoms with Gasteiger partial charge in [0.05, 0.1) is 5.92 Å². The van der Waals surface area contributed by atoms with Crippen molar-refractivity contribution < 1.29 is 4.79 Å². The first-order valence-corrected chi connectivity index (χ1v) is 8.69. The SMILES string of the molecule is CCN(Cc1ccccc1)C(=O)C1CSc2nccc(=O)n2C1. The molecule has 0 radical (unpaired) electrons. The fraction of sp³-hybridized carbons (Fsp3) is 0.353. The Morgan fingerprint density at radius 1 is 1.35 bits per heavy atom. The van der Waals surface area contributed by atoms with Crippen LogP contribution in [0.2, 0.25) is 0 Å². The van der Waals surface area contributed by atoms with E-state index in [-0.39, 0.29) is 17.4 Å². The van der Waals surface area contributed by atoms with E-state index in [0.717, 1.165) is 5.56 Å². The molecule has 1 aliphatic heterocycles. The van der Waals surface area contributed by atoms with Gasteiger partial charge >= 0.3 is 0 Å². The maximum atomic E-state index is 12.8. The maximum absolute atomic E-state index is 12.8. The van der Waals surface area contributed by atoms with E-state index in [1.54, 1.807) is 4.57 Å². The van der Waals surface area contributed by atoms with Crippen molar-refractivity contribution in [1.29, 1.82) is 0 Å². The number of hydrogen-bond donors (Lipinski definition) is 0. The second kappa shape index (κ2) is 7.00. The molecule has 1 amide bonds. The largest absolute Gasteiger partial charge is 0.338 e. The highest BCUT2D eigenvalue weighted by atomic mass is 32.2. The molecule has 0 aliphatic carbocycles. The summed E-state index contributed by atoms with van der Waals surface area (Å²) in [6, 6.07) is 11.4. The summed E-state index contributed by atoms with van der Waals surface area (Å²) in [6.45, 7) is 3.66. The molecule has 1 aromatic carbocycles. The van der Waals surface area contributed by atoms with Crippen molar-refractivity contribution in [2.75, 3.05) is 12.3 Å². The predicted octanol–water partition coefficient (Wildman–Crippen LogP) is 2.01. The van der Waals surface area contributed by atoms with Crippen molar-refractivity contribution in [3.05, 3.63) is 58.5 Å². The highest BCUT2D eigenvalue weighted by molar-refractivity contribution is 7.99. The number of amides is 1. The topological polar surface area (TPSA) is 55.2 Å². The first kappa shape index (κ1) is 15.8. The molecule has 1 aliphatic rings. The first-order chi connectivity index (χ1) is 11.2. The third kappa shape index (κ3) is 3.47. The molecule has 120 valence electrons. The average Bonchev–Trinajstić information content (AvgIpc) is 2.60. The van der Waals surface area contributed by atoms with Gasteiger partial charge in [0.1, 0.15) is 0 Å². The van der Waals surface area contributed by atoms with Crippen LogP contribution < -0.4 is 5.56 Å². The highest BCUT2D eigenvalue weighted by Gasteiger charge is 2.29. The Balaban J connectivity index is 1.75. The van der Waals surface area contributed by atoms with Gasteiger partial charge in [0, 0.05) is 37.7 Å². The molecule has 5 nitrogen and oxygen atoms in total. The number of rotatable bonds is 4. The monoisotopic (exact) mass is 329 g/mol. The van der Waals surface area contributed by atoms with Gasteiger partial charge in [0.15, 0.2) is 5.16 Å². The lowest BCUT2D eigenvalue weighted by Gasteiger charge is -2.29. The van der Waals surface area contributed by atoms with E-state index in [1.165, 1.54) is 24.0 Å². The van der Waals surface area contributed by atoms with Gasteiger partial charge in [0.2, 0.25) is 5.91 Å². The molecule has 0 bridgehead atoms. The molecule has 1 unspecified atom stereocenters. The minimum absolute atomic E-state index is 0.0916. The highest BCUT2D eigenvalue weighted by Crippen LogP contribution is 2.26. The van der Waals surface area contributed by atoms with Crippen molar-refractivity contribution in [1.82, 2.24) is 14.5 Å². The summed E-state index contributed by atoms with van der Waals surface area (Å²) in [7, 11) is 0. The summed E-state index contributed by atoms with van der Waals surface area (Å²) in [5.41, 5.74) is 1.02. The Bertz CT molecular complexity index is 745. The average molecular weight is 329 g/mol. The molecule has 23 heavy (non-hydrogen) atoms. The zero-order chi connectivity index (χ0) is 16.2. The maximum Gasteiger partial charge on any atom is 0.254 e. The number of thioether (sulfide) groups is 1. The third-order valence-corrected chi connectivity index (χ3v) is 5.13. The quantitative estimate of drug-likeness (QED) is 0.805. The lowest BCUT2D eigenvalue weighted by molar-refractivity contribution is -0.135. The Labute approximate surface area is 139 Å². The van der Waals surface area contributed by atoms with Crippen molar-refractivity contribution in [2.24, 2.45) is 5.92 Å². The molecule has 0 saturated carbocycles. The van der Waals surface area contributed by atoms with Crippen LogP contribution in [-0.2, 0) is 17.9 Å². The van der Waals surface area contributed by atoms with Gasteiger partial charge in [-0.05, 0) is 12.5 Å². The first-order valence-electron chi connectivity index (χ1n) is 7.70. The minimum Gasteiger partial charge on any atom is -0.338 e. The second-order valence-corrected chi connectivity index (χ2v) is 6.51. The zero-order valence-corrected chi connectivity index (χ0v) is 13.8. The molecule has 2 aromatic rings. The minimum atomic E-state index is -0.182. The number of hydrogen-bond acceptors (Lipinski definition) is 4. The second-order valence-electron chi connectivity index (χ2n) is 5.52. The van der Waals surface area contributed by atoms with Crippen molar-refractivity contribution in [3.8, 4) is 0 Å². The normalized spacial score (nSPS) is 16.7. The van der Waals surface area contributed by atoms with Crippen LogP contribution in [0, 0.1) is 5.92 Å². The zero-order valence-electron chi connectivity index (χ0n) is 13.0. The standard InChI is InChI=1S/C17H19N3O2S/c1-2-19(10-13-6-4-3-5-7-13)16(22)14-11-20-15(21)8-9-18-17(20)23-12-14/h3-9,14H,2,10-12H2,1H3. The van der Waals surface area contributed by atoms with Crippen LogP contribution in [0.1, 0.15) is 12.5 Å². The van der Waals surface area contributed by atoms with Crippen LogP contribution in [-0.4, -0.2) is 32.7 Å². The number of aromatic nitrogens is 2. The number of carbonyl (C=O) groups excluding carboxylic acids is 1. The van der Waals surface area contributed by atoms with Crippen molar-refractivity contribution in [3.63, 3.8) is 0 Å². The number of nitrogens with zero attached hydrogens (tertiary/aromatic N) is 3. The van der Waals surface area contributed by atoms with E-state index in [4.69, 9.17) is 0 Å². The Hall–Kier alpha value is -2.08. The molecular weight excluding hydrogens is 310 g/mol. The molecular formula is C17H19N3O2S. The smallest absolute Gasteiger partial charge is 0.254 e. The third-order valence-electron chi connectivity index (χ3n) is 3.97. The van der Waals surface area contributed by atoms with Gasteiger partial charge in [-0.1, -0.05) is 42.1 Å². The lowest BCUT2D eigenvalue weighted by Crippen LogP contribution is -2.42. The molecule has 3 rings (SSSR count). The van der Waals surface area contributed by atoms with E-state index in [9.17, 15) is 9.59 Å². The Morgan fingerprint density at radius 3 is 2.87 bits per heavy atom. The van der Waals surface area contributed by atoms with Gasteiger partial charge in [0.25, 0.3) is 5.56 Å². The van der Waals surface area contributed by atoms with Crippen LogP contribution in [0.5, 0.6) is 0 Å². The molecule has 0 N–H and O–H groups in total. The molecule has 0 fully saturated rings. The summed E-state index contributed by atoms with van der Waals surface area (Å²) in [5.74, 6) is 0.587. The Kier molecular flexibility index (Phi) is 4.81. The predicted molar refractivity (Wildman–Crippen MR) is 90.2 cm³/mol. The fourth-order valence-corrected chi connectivity index (χ4v) is 3.76. The molecule has 6 heteroatoms. The summed E-state index contributed by atoms with van der Waals surface area (Å²) >= 11 is 1.48. The van der Waals surface area contributed by atoms with E-state index < -0.39 is 0 Å². The van der Waals surface area contributed by atoms with Crippen molar-refractivity contribution in [2.45, 2.75) is 25.2 Å². The summed E-state index contributed by atoms with van der Waals surface area (Å²) in [6.07, 6.45) is 1.52. The summed E-state index contributed by atoms with van der Waals surface area (Å²) in [5, 5.41) is 0.702. The van der Waals surface area contributed by atoms with Gasteiger partial charge in [-0.25, -0.2) is 4.98 Å². The van der Waals surface area contributed by atoms with Gasteiger partial charge in [-0.3, -0.25) is 14.2 Å².